The molecule has 0 saturated carbocycles. The Morgan fingerprint density at radius 2 is 1.72 bits per heavy atom. The number of nitrogens with zero attached hydrogens (tertiary/aromatic N) is 1. The van der Waals surface area contributed by atoms with Crippen LogP contribution in [0.3, 0.4) is 0 Å². The maximum Gasteiger partial charge on any atom is 0.409 e. The van der Waals surface area contributed by atoms with Crippen LogP contribution in [0.1, 0.15) is 36.3 Å². The van der Waals surface area contributed by atoms with Gasteiger partial charge in [-0.3, -0.25) is 4.79 Å². The van der Waals surface area contributed by atoms with E-state index in [1.54, 1.807) is 12.0 Å². The molecular weight excluding hydrogens is 370 g/mol. The molecular formula is C23H25NO5. The molecule has 152 valence electrons. The Bertz CT molecular complexity index is 881. The van der Waals surface area contributed by atoms with Gasteiger partial charge >= 0.3 is 12.1 Å². The lowest BCUT2D eigenvalue weighted by Gasteiger charge is -2.27. The Morgan fingerprint density at radius 3 is 2.31 bits per heavy atom. The highest BCUT2D eigenvalue weighted by Crippen LogP contribution is 2.44. The Hall–Kier alpha value is -2.86. The van der Waals surface area contributed by atoms with Gasteiger partial charge in [0.25, 0.3) is 0 Å². The van der Waals surface area contributed by atoms with Gasteiger partial charge in [0.05, 0.1) is 12.1 Å². The molecule has 2 aromatic carbocycles. The predicted molar refractivity (Wildman–Crippen MR) is 108 cm³/mol. The van der Waals surface area contributed by atoms with Crippen LogP contribution in [0.25, 0.3) is 11.1 Å². The third kappa shape index (κ3) is 3.72. The molecule has 1 amide bonds. The summed E-state index contributed by atoms with van der Waals surface area (Å²) in [6.07, 6.45) is 0.639. The van der Waals surface area contributed by atoms with E-state index in [4.69, 9.17) is 14.6 Å². The van der Waals surface area contributed by atoms with Crippen molar-refractivity contribution >= 4 is 12.1 Å². The summed E-state index contributed by atoms with van der Waals surface area (Å²) < 4.78 is 11.3. The van der Waals surface area contributed by atoms with Gasteiger partial charge in [-0.15, -0.1) is 0 Å². The molecule has 6 heteroatoms. The Kier molecular flexibility index (Phi) is 5.28. The van der Waals surface area contributed by atoms with Crippen molar-refractivity contribution in [2.45, 2.75) is 30.8 Å². The van der Waals surface area contributed by atoms with Crippen molar-refractivity contribution in [1.29, 1.82) is 0 Å². The van der Waals surface area contributed by atoms with Crippen LogP contribution in [0.5, 0.6) is 0 Å². The molecule has 0 spiro atoms. The summed E-state index contributed by atoms with van der Waals surface area (Å²) >= 11 is 0. The second-order valence-corrected chi connectivity index (χ2v) is 7.76. The zero-order valence-electron chi connectivity index (χ0n) is 16.5. The van der Waals surface area contributed by atoms with Crippen LogP contribution in [0, 0.1) is 0 Å². The minimum atomic E-state index is -0.860. The smallest absolute Gasteiger partial charge is 0.409 e. The number of hydrogen-bond acceptors (Lipinski definition) is 4. The van der Waals surface area contributed by atoms with E-state index < -0.39 is 11.6 Å². The molecule has 1 atom stereocenters. The van der Waals surface area contributed by atoms with Crippen molar-refractivity contribution in [1.82, 2.24) is 4.90 Å². The first-order chi connectivity index (χ1) is 14.0. The summed E-state index contributed by atoms with van der Waals surface area (Å²) in [6, 6.07) is 16.4. The van der Waals surface area contributed by atoms with Gasteiger partial charge in [-0.1, -0.05) is 48.5 Å². The van der Waals surface area contributed by atoms with Crippen LogP contribution in [0.15, 0.2) is 48.5 Å². The number of likely N-dealkylation sites (tertiary alicyclic amines) is 1. The second-order valence-electron chi connectivity index (χ2n) is 7.76. The van der Waals surface area contributed by atoms with Crippen LogP contribution in [-0.4, -0.2) is 54.5 Å². The zero-order chi connectivity index (χ0) is 20.4. The highest BCUT2D eigenvalue weighted by Gasteiger charge is 2.41. The number of carbonyl (C=O) groups is 2. The number of ether oxygens (including phenoxy) is 2. The standard InChI is InChI=1S/C23H25NO5/c1-28-23(11-10-21(25)26)12-13-24(15-23)22(27)29-14-20-18-8-4-2-6-16(18)17-7-3-5-9-19(17)20/h2-9,20H,10-15H2,1H3,(H,25,26). The summed E-state index contributed by atoms with van der Waals surface area (Å²) in [4.78, 5) is 25.2. The average Bonchev–Trinajstić information content (AvgIpc) is 3.31. The van der Waals surface area contributed by atoms with Gasteiger partial charge in [-0.05, 0) is 35.1 Å². The van der Waals surface area contributed by atoms with E-state index in [0.717, 1.165) is 0 Å². The number of amides is 1. The number of benzene rings is 2. The van der Waals surface area contributed by atoms with Crippen molar-refractivity contribution in [2.75, 3.05) is 26.8 Å². The second kappa shape index (κ2) is 7.87. The third-order valence-electron chi connectivity index (χ3n) is 6.14. The molecule has 0 aromatic heterocycles. The summed E-state index contributed by atoms with van der Waals surface area (Å²) in [7, 11) is 1.57. The van der Waals surface area contributed by atoms with Gasteiger partial charge in [0, 0.05) is 26.0 Å². The first-order valence-electron chi connectivity index (χ1n) is 9.90. The van der Waals surface area contributed by atoms with Crippen molar-refractivity contribution < 1.29 is 24.2 Å². The largest absolute Gasteiger partial charge is 0.481 e. The summed E-state index contributed by atoms with van der Waals surface area (Å²) in [6.45, 7) is 1.13. The highest BCUT2D eigenvalue weighted by atomic mass is 16.6. The summed E-state index contributed by atoms with van der Waals surface area (Å²) in [5, 5.41) is 8.96. The van der Waals surface area contributed by atoms with Gasteiger partial charge < -0.3 is 19.5 Å². The summed E-state index contributed by atoms with van der Waals surface area (Å²) in [5.41, 5.74) is 4.13. The molecule has 6 nitrogen and oxygen atoms in total. The molecule has 1 aliphatic heterocycles. The maximum atomic E-state index is 12.7. The van der Waals surface area contributed by atoms with Crippen molar-refractivity contribution in [3.05, 3.63) is 59.7 Å². The van der Waals surface area contributed by atoms with Crippen LogP contribution < -0.4 is 0 Å². The molecule has 0 bridgehead atoms. The number of rotatable bonds is 6. The number of hydrogen-bond donors (Lipinski definition) is 1. The first kappa shape index (κ1) is 19.5. The molecule has 29 heavy (non-hydrogen) atoms. The topological polar surface area (TPSA) is 76.1 Å². The quantitative estimate of drug-likeness (QED) is 0.803. The van der Waals surface area contributed by atoms with Crippen LogP contribution >= 0.6 is 0 Å². The number of carboxylic acid groups (broad SMARTS) is 1. The number of fused-ring (bicyclic) bond motifs is 3. The molecule has 1 unspecified atom stereocenters. The van der Waals surface area contributed by atoms with Crippen molar-refractivity contribution in [3.63, 3.8) is 0 Å². The lowest BCUT2D eigenvalue weighted by molar-refractivity contribution is -0.138. The number of carboxylic acids is 1. The van der Waals surface area contributed by atoms with E-state index in [9.17, 15) is 9.59 Å². The SMILES string of the molecule is COC1(CCC(=O)O)CCN(C(=O)OCC2c3ccccc3-c3ccccc32)C1. The molecule has 1 fully saturated rings. The molecule has 2 aliphatic rings. The lowest BCUT2D eigenvalue weighted by atomic mass is 9.96. The van der Waals surface area contributed by atoms with E-state index >= 15 is 0 Å². The Labute approximate surface area is 170 Å². The third-order valence-corrected chi connectivity index (χ3v) is 6.14. The first-order valence-corrected chi connectivity index (χ1v) is 9.90. The average molecular weight is 395 g/mol. The van der Waals surface area contributed by atoms with E-state index in [2.05, 4.69) is 24.3 Å². The molecule has 4 rings (SSSR count). The van der Waals surface area contributed by atoms with Gasteiger partial charge in [-0.2, -0.15) is 0 Å². The Balaban J connectivity index is 1.42. The van der Waals surface area contributed by atoms with Crippen LogP contribution in [0.4, 0.5) is 4.79 Å². The fourth-order valence-corrected chi connectivity index (χ4v) is 4.49. The minimum absolute atomic E-state index is 0.0202. The van der Waals surface area contributed by atoms with E-state index in [1.807, 2.05) is 24.3 Å². The Morgan fingerprint density at radius 1 is 1.10 bits per heavy atom. The maximum absolute atomic E-state index is 12.7. The van der Waals surface area contributed by atoms with Gasteiger partial charge in [0.2, 0.25) is 0 Å². The summed E-state index contributed by atoms with van der Waals surface area (Å²) in [5.74, 6) is -0.839. The van der Waals surface area contributed by atoms with Gasteiger partial charge in [0.1, 0.15) is 6.61 Å². The number of aliphatic carboxylic acids is 1. The molecule has 1 aliphatic carbocycles. The van der Waals surface area contributed by atoms with Crippen LogP contribution in [-0.2, 0) is 14.3 Å². The van der Waals surface area contributed by atoms with Gasteiger partial charge in [0.15, 0.2) is 0 Å². The van der Waals surface area contributed by atoms with E-state index in [1.165, 1.54) is 22.3 Å². The highest BCUT2D eigenvalue weighted by molar-refractivity contribution is 5.79. The predicted octanol–water partition coefficient (Wildman–Crippen LogP) is 3.89. The van der Waals surface area contributed by atoms with E-state index in [-0.39, 0.29) is 25.0 Å². The molecule has 2 aromatic rings. The molecule has 1 saturated heterocycles. The number of methoxy groups -OCH3 is 1. The van der Waals surface area contributed by atoms with Crippen molar-refractivity contribution in [2.24, 2.45) is 0 Å². The fraction of sp³-hybridized carbons (Fsp3) is 0.391. The number of carbonyl (C=O) groups excluding carboxylic acids is 1. The fourth-order valence-electron chi connectivity index (χ4n) is 4.49. The minimum Gasteiger partial charge on any atom is -0.481 e. The normalized spacial score (nSPS) is 20.4. The molecule has 0 radical (unpaired) electrons. The monoisotopic (exact) mass is 395 g/mol. The lowest BCUT2D eigenvalue weighted by Crippen LogP contribution is -2.38. The van der Waals surface area contributed by atoms with Crippen molar-refractivity contribution in [3.8, 4) is 11.1 Å². The molecule has 1 heterocycles. The van der Waals surface area contributed by atoms with Crippen LogP contribution in [0.2, 0.25) is 0 Å². The van der Waals surface area contributed by atoms with Gasteiger partial charge in [-0.25, -0.2) is 4.79 Å². The zero-order valence-corrected chi connectivity index (χ0v) is 16.5. The van der Waals surface area contributed by atoms with E-state index in [0.29, 0.717) is 25.9 Å². The molecule has 1 N–H and O–H groups in total.